The van der Waals surface area contributed by atoms with E-state index in [9.17, 15) is 0 Å². The van der Waals surface area contributed by atoms with E-state index in [0.29, 0.717) is 5.69 Å². The van der Waals surface area contributed by atoms with Gasteiger partial charge in [0.2, 0.25) is 0 Å². The molecule has 1 atom stereocenters. The van der Waals surface area contributed by atoms with Crippen LogP contribution >= 0.6 is 38.5 Å². The molecule has 0 aliphatic heterocycles. The minimum Gasteiger partial charge on any atom is -0.0842 e. The zero-order valence-corrected chi connectivity index (χ0v) is 10.7. The summed E-state index contributed by atoms with van der Waals surface area (Å²) < 4.78 is 1.07. The van der Waals surface area contributed by atoms with E-state index >= 15 is 0 Å². The quantitative estimate of drug-likeness (QED) is 0.244. The summed E-state index contributed by atoms with van der Waals surface area (Å²) in [6.07, 6.45) is 0. The number of rotatable bonds is 2. The van der Waals surface area contributed by atoms with E-state index in [0.717, 1.165) is 9.13 Å². The monoisotopic (exact) mass is 351 g/mol. The Kier molecular flexibility index (Phi) is 4.02. The molecule has 5 heteroatoms. The van der Waals surface area contributed by atoms with Crippen molar-refractivity contribution >= 4 is 44.2 Å². The van der Waals surface area contributed by atoms with E-state index in [1.165, 1.54) is 0 Å². The van der Waals surface area contributed by atoms with Crippen molar-refractivity contribution in [1.82, 2.24) is 0 Å². The topological polar surface area (TPSA) is 48.8 Å². The van der Waals surface area contributed by atoms with Crippen LogP contribution in [0.25, 0.3) is 10.4 Å². The van der Waals surface area contributed by atoms with Gasteiger partial charge in [0.15, 0.2) is 0 Å². The van der Waals surface area contributed by atoms with Crippen molar-refractivity contribution < 1.29 is 0 Å². The van der Waals surface area contributed by atoms with Crippen LogP contribution in [0.3, 0.4) is 0 Å². The number of benzene rings is 1. The molecule has 0 heterocycles. The van der Waals surface area contributed by atoms with Crippen LogP contribution in [-0.4, -0.2) is 0 Å². The predicted octanol–water partition coefficient (Wildman–Crippen LogP) is 4.69. The molecule has 0 aromatic heterocycles. The highest BCUT2D eigenvalue weighted by Crippen LogP contribution is 2.32. The molecule has 1 aromatic carbocycles. The highest BCUT2D eigenvalue weighted by Gasteiger charge is 2.06. The normalized spacial score (nSPS) is 11.9. The lowest BCUT2D eigenvalue weighted by Crippen LogP contribution is -1.84. The SMILES string of the molecule is CC(Br)c1ccc(I)cc1N=[N+]=[N-]. The van der Waals surface area contributed by atoms with Crippen LogP contribution in [0.5, 0.6) is 0 Å². The molecule has 0 aliphatic carbocycles. The van der Waals surface area contributed by atoms with Gasteiger partial charge in [-0.3, -0.25) is 0 Å². The van der Waals surface area contributed by atoms with Crippen molar-refractivity contribution in [3.05, 3.63) is 37.8 Å². The lowest BCUT2D eigenvalue weighted by atomic mass is 10.1. The fraction of sp³-hybridized carbons (Fsp3) is 0.250. The summed E-state index contributed by atoms with van der Waals surface area (Å²) in [6.45, 7) is 2.00. The van der Waals surface area contributed by atoms with Crippen LogP contribution in [0, 0.1) is 3.57 Å². The van der Waals surface area contributed by atoms with Gasteiger partial charge in [-0.2, -0.15) is 0 Å². The van der Waals surface area contributed by atoms with E-state index < -0.39 is 0 Å². The molecule has 0 fully saturated rings. The summed E-state index contributed by atoms with van der Waals surface area (Å²) in [7, 11) is 0. The molecule has 68 valence electrons. The van der Waals surface area contributed by atoms with Crippen LogP contribution < -0.4 is 0 Å². The van der Waals surface area contributed by atoms with E-state index in [4.69, 9.17) is 5.53 Å². The van der Waals surface area contributed by atoms with Gasteiger partial charge in [-0.1, -0.05) is 27.1 Å². The third-order valence-corrected chi connectivity index (χ3v) is 2.74. The molecule has 13 heavy (non-hydrogen) atoms. The van der Waals surface area contributed by atoms with Gasteiger partial charge in [-0.05, 0) is 52.7 Å². The van der Waals surface area contributed by atoms with Crippen molar-refractivity contribution in [1.29, 1.82) is 0 Å². The minimum absolute atomic E-state index is 0.199. The maximum atomic E-state index is 8.36. The number of nitrogens with zero attached hydrogens (tertiary/aromatic N) is 3. The summed E-state index contributed by atoms with van der Waals surface area (Å²) in [4.78, 5) is 2.99. The first kappa shape index (κ1) is 10.8. The second-order valence-corrected chi connectivity index (χ2v) is 5.13. The second-order valence-electron chi connectivity index (χ2n) is 2.51. The third-order valence-electron chi connectivity index (χ3n) is 1.57. The highest BCUT2D eigenvalue weighted by atomic mass is 127. The summed E-state index contributed by atoms with van der Waals surface area (Å²) in [5.41, 5.74) is 10.1. The summed E-state index contributed by atoms with van der Waals surface area (Å²) in [5, 5.41) is 3.63. The van der Waals surface area contributed by atoms with Crippen LogP contribution in [0.4, 0.5) is 5.69 Å². The molecule has 0 radical (unpaired) electrons. The first-order valence-corrected chi connectivity index (χ1v) is 5.63. The molecule has 3 nitrogen and oxygen atoms in total. The Labute approximate surface area is 98.4 Å². The first-order chi connectivity index (χ1) is 6.15. The summed E-state index contributed by atoms with van der Waals surface area (Å²) >= 11 is 5.63. The van der Waals surface area contributed by atoms with Crippen LogP contribution in [0.2, 0.25) is 0 Å². The van der Waals surface area contributed by atoms with Crippen LogP contribution in [0.1, 0.15) is 17.3 Å². The van der Waals surface area contributed by atoms with Gasteiger partial charge in [0.1, 0.15) is 0 Å². The zero-order chi connectivity index (χ0) is 9.84. The fourth-order valence-corrected chi connectivity index (χ4v) is 1.85. The maximum Gasteiger partial charge on any atom is 0.0429 e. The zero-order valence-electron chi connectivity index (χ0n) is 6.91. The maximum absolute atomic E-state index is 8.36. The molecule has 0 N–H and O–H groups in total. The van der Waals surface area contributed by atoms with Crippen molar-refractivity contribution in [2.24, 2.45) is 5.11 Å². The number of halogens is 2. The first-order valence-electron chi connectivity index (χ1n) is 3.63. The Balaban J connectivity index is 3.26. The van der Waals surface area contributed by atoms with Gasteiger partial charge in [-0.15, -0.1) is 0 Å². The van der Waals surface area contributed by atoms with Gasteiger partial charge in [0.25, 0.3) is 0 Å². The molecule has 1 unspecified atom stereocenters. The average molecular weight is 352 g/mol. The molecular formula is C8H7BrIN3. The average Bonchev–Trinajstić information content (AvgIpc) is 2.04. The van der Waals surface area contributed by atoms with E-state index in [1.807, 2.05) is 25.1 Å². The van der Waals surface area contributed by atoms with Crippen molar-refractivity contribution in [3.8, 4) is 0 Å². The molecule has 0 bridgehead atoms. The van der Waals surface area contributed by atoms with Crippen molar-refractivity contribution in [3.63, 3.8) is 0 Å². The van der Waals surface area contributed by atoms with Gasteiger partial charge < -0.3 is 0 Å². The standard InChI is InChI=1S/C8H7BrIN3/c1-5(9)7-3-2-6(10)4-8(7)12-13-11/h2-5H,1H3. The Hall–Kier alpha value is -0.260. The van der Waals surface area contributed by atoms with Gasteiger partial charge in [0.05, 0.1) is 0 Å². The van der Waals surface area contributed by atoms with Gasteiger partial charge in [0, 0.05) is 19.0 Å². The highest BCUT2D eigenvalue weighted by molar-refractivity contribution is 14.1. The van der Waals surface area contributed by atoms with E-state index in [-0.39, 0.29) is 4.83 Å². The summed E-state index contributed by atoms with van der Waals surface area (Å²) in [6, 6.07) is 5.82. The number of azide groups is 1. The Morgan fingerprint density at radius 2 is 2.31 bits per heavy atom. The second kappa shape index (κ2) is 4.83. The minimum atomic E-state index is 0.199. The van der Waals surface area contributed by atoms with E-state index in [1.54, 1.807) is 0 Å². The Bertz CT molecular complexity index is 358. The van der Waals surface area contributed by atoms with Crippen LogP contribution in [-0.2, 0) is 0 Å². The molecule has 1 rings (SSSR count). The van der Waals surface area contributed by atoms with Gasteiger partial charge in [-0.25, -0.2) is 0 Å². The van der Waals surface area contributed by atoms with Crippen molar-refractivity contribution in [2.45, 2.75) is 11.8 Å². The third kappa shape index (κ3) is 2.86. The molecule has 0 aliphatic rings. The Morgan fingerprint density at radius 1 is 1.62 bits per heavy atom. The molecule has 1 aromatic rings. The molecular weight excluding hydrogens is 345 g/mol. The smallest absolute Gasteiger partial charge is 0.0429 e. The number of hydrogen-bond acceptors (Lipinski definition) is 1. The lowest BCUT2D eigenvalue weighted by molar-refractivity contribution is 1.11. The van der Waals surface area contributed by atoms with E-state index in [2.05, 4.69) is 48.5 Å². The van der Waals surface area contributed by atoms with Crippen molar-refractivity contribution in [2.75, 3.05) is 0 Å². The largest absolute Gasteiger partial charge is 0.0842 e. The number of hydrogen-bond donors (Lipinski definition) is 0. The lowest BCUT2D eigenvalue weighted by Gasteiger charge is -2.07. The van der Waals surface area contributed by atoms with Crippen LogP contribution in [0.15, 0.2) is 23.3 Å². The number of alkyl halides is 1. The summed E-state index contributed by atoms with van der Waals surface area (Å²) in [5.74, 6) is 0. The predicted molar refractivity (Wildman–Crippen MR) is 65.3 cm³/mol. The molecule has 0 amide bonds. The molecule has 0 saturated heterocycles. The molecule has 0 saturated carbocycles. The Morgan fingerprint density at radius 3 is 2.85 bits per heavy atom. The van der Waals surface area contributed by atoms with Gasteiger partial charge >= 0.3 is 0 Å². The molecule has 0 spiro atoms. The fourth-order valence-electron chi connectivity index (χ4n) is 0.988.